The van der Waals surface area contributed by atoms with Crippen molar-refractivity contribution in [2.24, 2.45) is 5.92 Å². The van der Waals surface area contributed by atoms with Crippen LogP contribution in [0.1, 0.15) is 32.3 Å². The number of aromatic hydroxyl groups is 1. The average molecular weight is 249 g/mol. The first-order chi connectivity index (χ1) is 8.43. The molecule has 2 N–H and O–H groups in total. The van der Waals surface area contributed by atoms with E-state index < -0.39 is 11.9 Å². The Morgan fingerprint density at radius 2 is 2.06 bits per heavy atom. The highest BCUT2D eigenvalue weighted by Crippen LogP contribution is 2.45. The lowest BCUT2D eigenvalue weighted by Gasteiger charge is -2.25. The van der Waals surface area contributed by atoms with E-state index in [0.717, 1.165) is 11.3 Å². The molecule has 1 aliphatic rings. The number of fused-ring (bicyclic) bond motifs is 1. The number of carboxylic acids is 1. The summed E-state index contributed by atoms with van der Waals surface area (Å²) in [7, 11) is 0. The zero-order chi connectivity index (χ0) is 13.4. The average Bonchev–Trinajstić information content (AvgIpc) is 2.68. The van der Waals surface area contributed by atoms with Gasteiger partial charge in [-0.1, -0.05) is 13.0 Å². The van der Waals surface area contributed by atoms with Crippen LogP contribution in [0.2, 0.25) is 0 Å². The molecule has 2 rings (SSSR count). The zero-order valence-electron chi connectivity index (χ0n) is 10.9. The fourth-order valence-electron chi connectivity index (χ4n) is 2.64. The highest BCUT2D eigenvalue weighted by atomic mass is 16.4. The molecule has 0 amide bonds. The van der Waals surface area contributed by atoms with Gasteiger partial charge in [0.15, 0.2) is 0 Å². The van der Waals surface area contributed by atoms with Crippen molar-refractivity contribution in [1.29, 1.82) is 0 Å². The second-order valence-electron chi connectivity index (χ2n) is 5.19. The Bertz CT molecular complexity index is 470. The molecule has 1 aromatic rings. The van der Waals surface area contributed by atoms with E-state index in [9.17, 15) is 15.0 Å². The van der Waals surface area contributed by atoms with Gasteiger partial charge in [-0.15, -0.1) is 0 Å². The van der Waals surface area contributed by atoms with Crippen LogP contribution in [0.15, 0.2) is 18.2 Å². The SMILES string of the molecule is CC(C(=O)O)C1CN(C(C)C)c2cccc(O)c21. The van der Waals surface area contributed by atoms with Crippen molar-refractivity contribution >= 4 is 11.7 Å². The third-order valence-electron chi connectivity index (χ3n) is 3.75. The Hall–Kier alpha value is -1.71. The molecular weight excluding hydrogens is 230 g/mol. The summed E-state index contributed by atoms with van der Waals surface area (Å²) >= 11 is 0. The second kappa shape index (κ2) is 4.52. The maximum atomic E-state index is 11.2. The summed E-state index contributed by atoms with van der Waals surface area (Å²) in [5.74, 6) is -1.27. The summed E-state index contributed by atoms with van der Waals surface area (Å²) < 4.78 is 0. The highest BCUT2D eigenvalue weighted by molar-refractivity contribution is 5.75. The quantitative estimate of drug-likeness (QED) is 0.863. The van der Waals surface area contributed by atoms with Crippen LogP contribution in [0.5, 0.6) is 5.75 Å². The smallest absolute Gasteiger partial charge is 0.306 e. The van der Waals surface area contributed by atoms with Gasteiger partial charge in [0.1, 0.15) is 5.75 Å². The van der Waals surface area contributed by atoms with Crippen molar-refractivity contribution in [3.8, 4) is 5.75 Å². The highest BCUT2D eigenvalue weighted by Gasteiger charge is 2.38. The van der Waals surface area contributed by atoms with Gasteiger partial charge in [-0.2, -0.15) is 0 Å². The number of nitrogens with zero attached hydrogens (tertiary/aromatic N) is 1. The Balaban J connectivity index is 2.47. The van der Waals surface area contributed by atoms with Crippen LogP contribution in [0, 0.1) is 5.92 Å². The van der Waals surface area contributed by atoms with Gasteiger partial charge in [-0.25, -0.2) is 0 Å². The topological polar surface area (TPSA) is 60.8 Å². The molecule has 2 atom stereocenters. The van der Waals surface area contributed by atoms with E-state index in [0.29, 0.717) is 6.54 Å². The van der Waals surface area contributed by atoms with Crippen LogP contribution in [-0.2, 0) is 4.79 Å². The predicted molar refractivity (Wildman–Crippen MR) is 70.1 cm³/mol. The van der Waals surface area contributed by atoms with Crippen molar-refractivity contribution in [3.63, 3.8) is 0 Å². The van der Waals surface area contributed by atoms with Crippen LogP contribution in [0.4, 0.5) is 5.69 Å². The fourth-order valence-corrected chi connectivity index (χ4v) is 2.64. The number of carboxylic acid groups (broad SMARTS) is 1. The number of rotatable bonds is 3. The van der Waals surface area contributed by atoms with E-state index in [2.05, 4.69) is 18.7 Å². The lowest BCUT2D eigenvalue weighted by atomic mass is 9.88. The Kier molecular flexibility index (Phi) is 3.20. The molecule has 98 valence electrons. The molecule has 1 aromatic carbocycles. The van der Waals surface area contributed by atoms with Crippen LogP contribution < -0.4 is 4.90 Å². The predicted octanol–water partition coefficient (Wildman–Crippen LogP) is 2.42. The van der Waals surface area contributed by atoms with Gasteiger partial charge in [0.05, 0.1) is 5.92 Å². The van der Waals surface area contributed by atoms with E-state index in [-0.39, 0.29) is 17.7 Å². The first-order valence-corrected chi connectivity index (χ1v) is 6.24. The van der Waals surface area contributed by atoms with Crippen LogP contribution in [0.25, 0.3) is 0 Å². The van der Waals surface area contributed by atoms with Gasteiger partial charge >= 0.3 is 5.97 Å². The number of aliphatic carboxylic acids is 1. The molecule has 0 saturated carbocycles. The molecular formula is C14H19NO3. The maximum absolute atomic E-state index is 11.2. The minimum Gasteiger partial charge on any atom is -0.508 e. The summed E-state index contributed by atoms with van der Waals surface area (Å²) in [6.45, 7) is 6.49. The van der Waals surface area contributed by atoms with Gasteiger partial charge < -0.3 is 15.1 Å². The maximum Gasteiger partial charge on any atom is 0.306 e. The Morgan fingerprint density at radius 1 is 1.39 bits per heavy atom. The summed E-state index contributed by atoms with van der Waals surface area (Å²) in [5.41, 5.74) is 1.74. The van der Waals surface area contributed by atoms with E-state index in [4.69, 9.17) is 0 Å². The summed E-state index contributed by atoms with van der Waals surface area (Å²) in [6, 6.07) is 5.67. The molecule has 0 radical (unpaired) electrons. The third-order valence-corrected chi connectivity index (χ3v) is 3.75. The lowest BCUT2D eigenvalue weighted by Crippen LogP contribution is -2.31. The van der Waals surface area contributed by atoms with Crippen molar-refractivity contribution in [1.82, 2.24) is 0 Å². The number of phenols is 1. The van der Waals surface area contributed by atoms with Crippen LogP contribution >= 0.6 is 0 Å². The van der Waals surface area contributed by atoms with Crippen LogP contribution in [0.3, 0.4) is 0 Å². The van der Waals surface area contributed by atoms with Gasteiger partial charge in [-0.3, -0.25) is 4.79 Å². The Morgan fingerprint density at radius 3 is 2.61 bits per heavy atom. The van der Waals surface area contributed by atoms with Crippen molar-refractivity contribution in [2.45, 2.75) is 32.7 Å². The standard InChI is InChI=1S/C14H19NO3/c1-8(2)15-7-10(9(3)14(17)18)13-11(15)5-4-6-12(13)16/h4-6,8-10,16H,7H2,1-3H3,(H,17,18). The fraction of sp³-hybridized carbons (Fsp3) is 0.500. The van der Waals surface area contributed by atoms with Crippen LogP contribution in [-0.4, -0.2) is 28.8 Å². The summed E-state index contributed by atoms with van der Waals surface area (Å²) in [6.07, 6.45) is 0. The van der Waals surface area contributed by atoms with Gasteiger partial charge in [0.25, 0.3) is 0 Å². The molecule has 4 heteroatoms. The molecule has 0 saturated heterocycles. The monoisotopic (exact) mass is 249 g/mol. The molecule has 4 nitrogen and oxygen atoms in total. The molecule has 0 fully saturated rings. The molecule has 2 unspecified atom stereocenters. The normalized spacial score (nSPS) is 20.0. The number of benzene rings is 1. The Labute approximate surface area is 107 Å². The lowest BCUT2D eigenvalue weighted by molar-refractivity contribution is -0.141. The molecule has 1 aliphatic heterocycles. The number of anilines is 1. The van der Waals surface area contributed by atoms with Gasteiger partial charge in [0, 0.05) is 29.8 Å². The van der Waals surface area contributed by atoms with Crippen molar-refractivity contribution in [2.75, 3.05) is 11.4 Å². The summed E-state index contributed by atoms with van der Waals surface area (Å²) in [5, 5.41) is 19.2. The van der Waals surface area contributed by atoms with Gasteiger partial charge in [-0.05, 0) is 26.0 Å². The van der Waals surface area contributed by atoms with Gasteiger partial charge in [0.2, 0.25) is 0 Å². The summed E-state index contributed by atoms with van der Waals surface area (Å²) in [4.78, 5) is 13.3. The minimum absolute atomic E-state index is 0.152. The number of carbonyl (C=O) groups is 1. The van der Waals surface area contributed by atoms with E-state index in [1.807, 2.05) is 6.07 Å². The molecule has 0 aliphatic carbocycles. The second-order valence-corrected chi connectivity index (χ2v) is 5.19. The van der Waals surface area contributed by atoms with Crippen molar-refractivity contribution < 1.29 is 15.0 Å². The molecule has 0 aromatic heterocycles. The van der Waals surface area contributed by atoms with E-state index in [1.54, 1.807) is 19.1 Å². The molecule has 0 spiro atoms. The third kappa shape index (κ3) is 1.92. The van der Waals surface area contributed by atoms with Crippen molar-refractivity contribution in [3.05, 3.63) is 23.8 Å². The zero-order valence-corrected chi connectivity index (χ0v) is 10.9. The largest absolute Gasteiger partial charge is 0.508 e. The molecule has 1 heterocycles. The minimum atomic E-state index is -0.820. The van der Waals surface area contributed by atoms with E-state index in [1.165, 1.54) is 0 Å². The first kappa shape index (κ1) is 12.7. The first-order valence-electron chi connectivity index (χ1n) is 6.24. The number of phenolic OH excluding ortho intramolecular Hbond substituents is 1. The number of hydrogen-bond donors (Lipinski definition) is 2. The number of hydrogen-bond acceptors (Lipinski definition) is 3. The molecule has 18 heavy (non-hydrogen) atoms. The molecule has 0 bridgehead atoms. The van der Waals surface area contributed by atoms with E-state index >= 15 is 0 Å².